The molecule has 2 aromatic heterocycles. The molecule has 3 aromatic rings. The number of amides is 2. The maximum absolute atomic E-state index is 12.8. The molecule has 3 heterocycles. The molecule has 2 N–H and O–H groups in total. The Kier molecular flexibility index (Phi) is 4.37. The van der Waals surface area contributed by atoms with Crippen molar-refractivity contribution in [3.05, 3.63) is 43.1 Å². The van der Waals surface area contributed by atoms with E-state index in [1.807, 2.05) is 35.6 Å². The molecule has 1 aliphatic heterocycles. The number of hydrogen-bond acceptors (Lipinski definition) is 3. The zero-order chi connectivity index (χ0) is 17.1. The standard InChI is InChI=1S/C18H22N6O/c25-18(21-15-5-4-14-12-20-22-17(14)11-15)24-8-2-1-3-16(24)6-9-23-10-7-19-13-23/h4-5,7,10-13,16H,1-3,6,8-9H2,(H,20,22)(H,21,25). The number of hydrogen-bond donors (Lipinski definition) is 2. The van der Waals surface area contributed by atoms with Gasteiger partial charge >= 0.3 is 6.03 Å². The number of piperidine rings is 1. The zero-order valence-electron chi connectivity index (χ0n) is 14.1. The van der Waals surface area contributed by atoms with Crippen molar-refractivity contribution < 1.29 is 4.79 Å². The molecular weight excluding hydrogens is 316 g/mol. The van der Waals surface area contributed by atoms with Crippen LogP contribution in [0.1, 0.15) is 25.7 Å². The average molecular weight is 338 g/mol. The SMILES string of the molecule is O=C(Nc1ccc2cn[nH]c2c1)N1CCCCC1CCn1ccnc1. The molecule has 1 atom stereocenters. The van der Waals surface area contributed by atoms with Gasteiger partial charge in [-0.15, -0.1) is 0 Å². The number of aromatic amines is 1. The number of fused-ring (bicyclic) bond motifs is 1. The van der Waals surface area contributed by atoms with Crippen LogP contribution in [-0.2, 0) is 6.54 Å². The zero-order valence-corrected chi connectivity index (χ0v) is 14.1. The Morgan fingerprint density at radius 1 is 1.36 bits per heavy atom. The van der Waals surface area contributed by atoms with Crippen molar-refractivity contribution in [2.24, 2.45) is 0 Å². The highest BCUT2D eigenvalue weighted by molar-refractivity contribution is 5.92. The van der Waals surface area contributed by atoms with Gasteiger partial charge in [-0.25, -0.2) is 9.78 Å². The Hall–Kier alpha value is -2.83. The van der Waals surface area contributed by atoms with Crippen LogP contribution in [0.15, 0.2) is 43.1 Å². The van der Waals surface area contributed by atoms with Gasteiger partial charge in [0.05, 0.1) is 18.0 Å². The molecule has 2 amide bonds. The minimum Gasteiger partial charge on any atom is -0.337 e. The van der Waals surface area contributed by atoms with Crippen LogP contribution in [-0.4, -0.2) is 43.3 Å². The number of nitrogens with zero attached hydrogens (tertiary/aromatic N) is 4. The van der Waals surface area contributed by atoms with E-state index >= 15 is 0 Å². The van der Waals surface area contributed by atoms with Crippen molar-refractivity contribution in [1.82, 2.24) is 24.6 Å². The minimum atomic E-state index is -0.0193. The van der Waals surface area contributed by atoms with Crippen LogP contribution in [0.4, 0.5) is 10.5 Å². The second kappa shape index (κ2) is 6.96. The van der Waals surface area contributed by atoms with Crippen LogP contribution < -0.4 is 5.32 Å². The molecule has 1 aromatic carbocycles. The molecule has 0 aliphatic carbocycles. The fourth-order valence-electron chi connectivity index (χ4n) is 3.50. The number of H-pyrrole nitrogens is 1. The molecule has 0 bridgehead atoms. The Morgan fingerprint density at radius 2 is 2.32 bits per heavy atom. The number of aryl methyl sites for hydroxylation is 1. The van der Waals surface area contributed by atoms with E-state index in [9.17, 15) is 4.79 Å². The number of imidazole rings is 1. The van der Waals surface area contributed by atoms with Gasteiger partial charge in [0.1, 0.15) is 0 Å². The van der Waals surface area contributed by atoms with E-state index in [4.69, 9.17) is 0 Å². The molecule has 0 spiro atoms. The number of likely N-dealkylation sites (tertiary alicyclic amines) is 1. The summed E-state index contributed by atoms with van der Waals surface area (Å²) in [4.78, 5) is 18.8. The van der Waals surface area contributed by atoms with Gasteiger partial charge in [0.2, 0.25) is 0 Å². The summed E-state index contributed by atoms with van der Waals surface area (Å²) in [6, 6.07) is 6.05. The first-order valence-electron chi connectivity index (χ1n) is 8.76. The van der Waals surface area contributed by atoms with Gasteiger partial charge in [-0.3, -0.25) is 5.10 Å². The molecule has 7 nitrogen and oxygen atoms in total. The number of anilines is 1. The third-order valence-corrected chi connectivity index (χ3v) is 4.86. The van der Waals surface area contributed by atoms with Crippen LogP contribution in [0.2, 0.25) is 0 Å². The molecule has 25 heavy (non-hydrogen) atoms. The van der Waals surface area contributed by atoms with Gasteiger partial charge in [0.15, 0.2) is 0 Å². The topological polar surface area (TPSA) is 78.8 Å². The molecule has 0 radical (unpaired) electrons. The van der Waals surface area contributed by atoms with Crippen molar-refractivity contribution in [2.75, 3.05) is 11.9 Å². The normalized spacial score (nSPS) is 17.8. The first-order chi connectivity index (χ1) is 12.3. The molecule has 1 unspecified atom stereocenters. The lowest BCUT2D eigenvalue weighted by molar-refractivity contribution is 0.155. The van der Waals surface area contributed by atoms with E-state index < -0.39 is 0 Å². The fourth-order valence-corrected chi connectivity index (χ4v) is 3.50. The number of carbonyl (C=O) groups is 1. The van der Waals surface area contributed by atoms with Gasteiger partial charge in [0, 0.05) is 42.6 Å². The largest absolute Gasteiger partial charge is 0.337 e. The van der Waals surface area contributed by atoms with Crippen molar-refractivity contribution in [3.8, 4) is 0 Å². The van der Waals surface area contributed by atoms with E-state index in [0.29, 0.717) is 0 Å². The van der Waals surface area contributed by atoms with Gasteiger partial charge in [-0.1, -0.05) is 0 Å². The highest BCUT2D eigenvalue weighted by atomic mass is 16.2. The van der Waals surface area contributed by atoms with Crippen molar-refractivity contribution >= 4 is 22.6 Å². The lowest BCUT2D eigenvalue weighted by Gasteiger charge is -2.36. The molecule has 1 fully saturated rings. The summed E-state index contributed by atoms with van der Waals surface area (Å²) in [7, 11) is 0. The van der Waals surface area contributed by atoms with Crippen LogP contribution in [0.5, 0.6) is 0 Å². The Morgan fingerprint density at radius 3 is 3.20 bits per heavy atom. The van der Waals surface area contributed by atoms with Crippen molar-refractivity contribution in [2.45, 2.75) is 38.3 Å². The number of urea groups is 1. The van der Waals surface area contributed by atoms with Crippen molar-refractivity contribution in [1.29, 1.82) is 0 Å². The summed E-state index contributed by atoms with van der Waals surface area (Å²) in [6.07, 6.45) is 11.6. The number of nitrogens with one attached hydrogen (secondary N) is 2. The Bertz CT molecular complexity index is 840. The van der Waals surface area contributed by atoms with Crippen LogP contribution >= 0.6 is 0 Å². The summed E-state index contributed by atoms with van der Waals surface area (Å²) in [5.41, 5.74) is 1.72. The number of rotatable bonds is 4. The summed E-state index contributed by atoms with van der Waals surface area (Å²) in [5, 5.41) is 11.0. The summed E-state index contributed by atoms with van der Waals surface area (Å²) in [6.45, 7) is 1.70. The maximum atomic E-state index is 12.8. The monoisotopic (exact) mass is 338 g/mol. The first kappa shape index (κ1) is 15.7. The Labute approximate surface area is 146 Å². The van der Waals surface area contributed by atoms with E-state index in [1.165, 1.54) is 6.42 Å². The van der Waals surface area contributed by atoms with E-state index in [-0.39, 0.29) is 12.1 Å². The van der Waals surface area contributed by atoms with Crippen LogP contribution in [0.3, 0.4) is 0 Å². The molecule has 130 valence electrons. The minimum absolute atomic E-state index is 0.0193. The quantitative estimate of drug-likeness (QED) is 0.766. The highest BCUT2D eigenvalue weighted by Crippen LogP contribution is 2.22. The third-order valence-electron chi connectivity index (χ3n) is 4.86. The smallest absolute Gasteiger partial charge is 0.322 e. The Balaban J connectivity index is 1.42. The molecule has 0 saturated carbocycles. The molecule has 1 saturated heterocycles. The lowest BCUT2D eigenvalue weighted by atomic mass is 9.99. The van der Waals surface area contributed by atoms with E-state index in [1.54, 1.807) is 12.4 Å². The number of aromatic nitrogens is 4. The fraction of sp³-hybridized carbons (Fsp3) is 0.389. The van der Waals surface area contributed by atoms with Gasteiger partial charge in [-0.2, -0.15) is 5.10 Å². The van der Waals surface area contributed by atoms with Gasteiger partial charge < -0.3 is 14.8 Å². The highest BCUT2D eigenvalue weighted by Gasteiger charge is 2.26. The number of carbonyl (C=O) groups excluding carboxylic acids is 1. The third kappa shape index (κ3) is 3.50. The van der Waals surface area contributed by atoms with E-state index in [2.05, 4.69) is 25.1 Å². The number of benzene rings is 1. The van der Waals surface area contributed by atoms with Gasteiger partial charge in [-0.05, 0) is 43.9 Å². The molecule has 4 rings (SSSR count). The summed E-state index contributed by atoms with van der Waals surface area (Å²) >= 11 is 0. The second-order valence-electron chi connectivity index (χ2n) is 6.53. The lowest BCUT2D eigenvalue weighted by Crippen LogP contribution is -2.46. The van der Waals surface area contributed by atoms with Crippen molar-refractivity contribution in [3.63, 3.8) is 0 Å². The van der Waals surface area contributed by atoms with E-state index in [0.717, 1.165) is 48.9 Å². The summed E-state index contributed by atoms with van der Waals surface area (Å²) < 4.78 is 2.07. The second-order valence-corrected chi connectivity index (χ2v) is 6.53. The average Bonchev–Trinajstić information content (AvgIpc) is 3.31. The molecule has 7 heteroatoms. The predicted molar refractivity (Wildman–Crippen MR) is 96.3 cm³/mol. The van der Waals surface area contributed by atoms with Crippen LogP contribution in [0.25, 0.3) is 10.9 Å². The van der Waals surface area contributed by atoms with Crippen LogP contribution in [0, 0.1) is 0 Å². The summed E-state index contributed by atoms with van der Waals surface area (Å²) in [5.74, 6) is 0. The molecular formula is C18H22N6O. The predicted octanol–water partition coefficient (Wildman–Crippen LogP) is 3.24. The van der Waals surface area contributed by atoms with Gasteiger partial charge in [0.25, 0.3) is 0 Å². The maximum Gasteiger partial charge on any atom is 0.322 e. The first-order valence-corrected chi connectivity index (χ1v) is 8.76. The molecule has 1 aliphatic rings.